The topological polar surface area (TPSA) is 30.9 Å². The third-order valence-electron chi connectivity index (χ3n) is 4.83. The van der Waals surface area contributed by atoms with Crippen LogP contribution in [0.2, 0.25) is 0 Å². The molecule has 0 unspecified atom stereocenters. The molecule has 0 atom stereocenters. The number of methoxy groups -OCH3 is 1. The molecule has 1 fully saturated rings. The van der Waals surface area contributed by atoms with Gasteiger partial charge in [0.1, 0.15) is 28.5 Å². The lowest BCUT2D eigenvalue weighted by Crippen LogP contribution is -2.41. The van der Waals surface area contributed by atoms with E-state index in [0.29, 0.717) is 17.9 Å². The molecule has 0 spiro atoms. The Kier molecular flexibility index (Phi) is 4.47. The summed E-state index contributed by atoms with van der Waals surface area (Å²) in [4.78, 5) is 12.0. The maximum absolute atomic E-state index is 13.1. The summed E-state index contributed by atoms with van der Waals surface area (Å²) in [6, 6.07) is 12.4. The molecule has 0 N–H and O–H groups in total. The van der Waals surface area contributed by atoms with Gasteiger partial charge >= 0.3 is 0 Å². The molecular formula is C20H24FNO3. The molecule has 0 aromatic heterocycles. The van der Waals surface area contributed by atoms with Gasteiger partial charge in [-0.2, -0.15) is 0 Å². The molecule has 3 rings (SSSR count). The molecule has 5 heteroatoms. The second kappa shape index (κ2) is 6.32. The predicted molar refractivity (Wildman–Crippen MR) is 95.0 cm³/mol. The van der Waals surface area contributed by atoms with E-state index >= 15 is 0 Å². The minimum atomic E-state index is -0.481. The quantitative estimate of drug-likeness (QED) is 0.806. The fourth-order valence-corrected chi connectivity index (χ4v) is 2.58. The first-order valence-corrected chi connectivity index (χ1v) is 8.31. The van der Waals surface area contributed by atoms with Gasteiger partial charge in [0, 0.05) is 0 Å². The largest absolute Gasteiger partial charge is 0.494 e. The van der Waals surface area contributed by atoms with E-state index in [-0.39, 0.29) is 5.82 Å². The van der Waals surface area contributed by atoms with Crippen molar-refractivity contribution >= 4 is 5.69 Å². The fraction of sp³-hybridized carbons (Fsp3) is 0.400. The maximum Gasteiger partial charge on any atom is 0.147 e. The van der Waals surface area contributed by atoms with Crippen LogP contribution in [0, 0.1) is 5.82 Å². The summed E-state index contributed by atoms with van der Waals surface area (Å²) in [7, 11) is 1.62. The highest BCUT2D eigenvalue weighted by Crippen LogP contribution is 2.43. The van der Waals surface area contributed by atoms with E-state index in [1.807, 2.05) is 45.9 Å². The molecule has 134 valence electrons. The van der Waals surface area contributed by atoms with E-state index in [1.165, 1.54) is 17.4 Å². The smallest absolute Gasteiger partial charge is 0.147 e. The molecule has 1 aliphatic rings. The van der Waals surface area contributed by atoms with E-state index in [0.717, 1.165) is 11.1 Å². The Morgan fingerprint density at radius 2 is 1.48 bits per heavy atom. The Morgan fingerprint density at radius 1 is 0.920 bits per heavy atom. The van der Waals surface area contributed by atoms with Crippen molar-refractivity contribution in [1.29, 1.82) is 0 Å². The normalized spacial score (nSPS) is 18.4. The standard InChI is InChI=1S/C20H24FNO3/c1-19(2)20(3,4)25-22(24-19)17-13-15(8-11-18(17)23-5)12-14-6-9-16(21)10-7-14/h6-11,13H,12H2,1-5H3. The van der Waals surface area contributed by atoms with E-state index in [2.05, 4.69) is 0 Å². The van der Waals surface area contributed by atoms with Crippen molar-refractivity contribution in [3.63, 3.8) is 0 Å². The monoisotopic (exact) mass is 345 g/mol. The minimum Gasteiger partial charge on any atom is -0.494 e. The molecule has 4 nitrogen and oxygen atoms in total. The Hall–Kier alpha value is -2.11. The third kappa shape index (κ3) is 3.48. The Balaban J connectivity index is 1.90. The van der Waals surface area contributed by atoms with Crippen LogP contribution in [0.5, 0.6) is 5.75 Å². The molecule has 2 aromatic rings. The number of hydrogen-bond donors (Lipinski definition) is 0. The molecule has 25 heavy (non-hydrogen) atoms. The molecule has 0 amide bonds. The zero-order valence-corrected chi connectivity index (χ0v) is 15.3. The lowest BCUT2D eigenvalue weighted by Gasteiger charge is -2.26. The fourth-order valence-electron chi connectivity index (χ4n) is 2.58. The van der Waals surface area contributed by atoms with Crippen LogP contribution in [0.1, 0.15) is 38.8 Å². The second-order valence-electron chi connectivity index (χ2n) is 7.27. The van der Waals surface area contributed by atoms with E-state index in [4.69, 9.17) is 14.4 Å². The zero-order valence-electron chi connectivity index (χ0n) is 15.3. The van der Waals surface area contributed by atoms with Crippen LogP contribution < -0.4 is 9.96 Å². The Labute approximate surface area is 148 Å². The molecule has 0 bridgehead atoms. The Bertz CT molecular complexity index is 740. The first kappa shape index (κ1) is 17.7. The third-order valence-corrected chi connectivity index (χ3v) is 4.83. The number of halogens is 1. The van der Waals surface area contributed by atoms with E-state index in [1.54, 1.807) is 19.2 Å². The van der Waals surface area contributed by atoms with Crippen molar-refractivity contribution in [2.24, 2.45) is 0 Å². The average molecular weight is 345 g/mol. The van der Waals surface area contributed by atoms with Gasteiger partial charge in [-0.25, -0.2) is 14.1 Å². The number of ether oxygens (including phenoxy) is 1. The summed E-state index contributed by atoms with van der Waals surface area (Å²) in [6.45, 7) is 7.95. The van der Waals surface area contributed by atoms with Gasteiger partial charge in [0.25, 0.3) is 0 Å². The van der Waals surface area contributed by atoms with Crippen molar-refractivity contribution in [3.8, 4) is 5.75 Å². The van der Waals surface area contributed by atoms with Crippen molar-refractivity contribution in [2.45, 2.75) is 45.3 Å². The van der Waals surface area contributed by atoms with Gasteiger partial charge in [-0.05, 0) is 69.5 Å². The summed E-state index contributed by atoms with van der Waals surface area (Å²) in [5.41, 5.74) is 1.83. The molecule has 0 aliphatic carbocycles. The Morgan fingerprint density at radius 3 is 2.04 bits per heavy atom. The van der Waals surface area contributed by atoms with E-state index in [9.17, 15) is 4.39 Å². The van der Waals surface area contributed by atoms with Crippen molar-refractivity contribution in [3.05, 3.63) is 59.4 Å². The molecule has 1 aliphatic heterocycles. The highest BCUT2D eigenvalue weighted by molar-refractivity contribution is 5.58. The van der Waals surface area contributed by atoms with Crippen molar-refractivity contribution in [2.75, 3.05) is 12.3 Å². The van der Waals surface area contributed by atoms with Crippen molar-refractivity contribution in [1.82, 2.24) is 0 Å². The zero-order chi connectivity index (χ0) is 18.2. The summed E-state index contributed by atoms with van der Waals surface area (Å²) >= 11 is 0. The summed E-state index contributed by atoms with van der Waals surface area (Å²) < 4.78 is 18.5. The minimum absolute atomic E-state index is 0.234. The van der Waals surface area contributed by atoms with Crippen LogP contribution in [-0.2, 0) is 16.1 Å². The number of benzene rings is 2. The second-order valence-corrected chi connectivity index (χ2v) is 7.27. The average Bonchev–Trinajstić information content (AvgIpc) is 2.77. The number of hydrogen-bond acceptors (Lipinski definition) is 4. The van der Waals surface area contributed by atoms with Crippen LogP contribution in [-0.4, -0.2) is 18.3 Å². The maximum atomic E-state index is 13.1. The van der Waals surface area contributed by atoms with Gasteiger partial charge in [0.15, 0.2) is 0 Å². The summed E-state index contributed by atoms with van der Waals surface area (Å²) in [6.07, 6.45) is 0.678. The first-order chi connectivity index (χ1) is 11.7. The lowest BCUT2D eigenvalue weighted by molar-refractivity contribution is -0.0281. The van der Waals surface area contributed by atoms with Crippen LogP contribution in [0.15, 0.2) is 42.5 Å². The molecule has 0 radical (unpaired) electrons. The predicted octanol–water partition coefficient (Wildman–Crippen LogP) is 4.67. The highest BCUT2D eigenvalue weighted by Gasteiger charge is 2.50. The van der Waals surface area contributed by atoms with Crippen LogP contribution in [0.4, 0.5) is 10.1 Å². The van der Waals surface area contributed by atoms with Gasteiger partial charge in [-0.1, -0.05) is 18.2 Å². The van der Waals surface area contributed by atoms with Gasteiger partial charge in [0.05, 0.1) is 7.11 Å². The lowest BCUT2D eigenvalue weighted by atomic mass is 9.90. The van der Waals surface area contributed by atoms with Crippen molar-refractivity contribution < 1.29 is 18.8 Å². The SMILES string of the molecule is COc1ccc(Cc2ccc(F)cc2)cc1N1OC(C)(C)C(C)(C)O1. The van der Waals surface area contributed by atoms with Gasteiger partial charge in [-0.3, -0.25) is 0 Å². The number of rotatable bonds is 4. The van der Waals surface area contributed by atoms with E-state index < -0.39 is 11.2 Å². The first-order valence-electron chi connectivity index (χ1n) is 8.31. The summed E-state index contributed by atoms with van der Waals surface area (Å²) in [5.74, 6) is 0.429. The molecule has 0 saturated carbocycles. The molecular weight excluding hydrogens is 321 g/mol. The van der Waals surface area contributed by atoms with Crippen LogP contribution in [0.3, 0.4) is 0 Å². The van der Waals surface area contributed by atoms with Gasteiger partial charge in [-0.15, -0.1) is 5.23 Å². The van der Waals surface area contributed by atoms with Crippen LogP contribution >= 0.6 is 0 Å². The summed E-state index contributed by atoms with van der Waals surface area (Å²) in [5, 5.41) is 1.44. The van der Waals surface area contributed by atoms with Crippen LogP contribution in [0.25, 0.3) is 0 Å². The molecule has 2 aromatic carbocycles. The van der Waals surface area contributed by atoms with Gasteiger partial charge in [0.2, 0.25) is 0 Å². The molecule has 1 heterocycles. The molecule has 1 saturated heterocycles. The number of nitrogens with zero attached hydrogens (tertiary/aromatic N) is 1. The highest BCUT2D eigenvalue weighted by atomic mass is 19.1. The number of anilines is 1. The van der Waals surface area contributed by atoms with Gasteiger partial charge < -0.3 is 4.74 Å².